The van der Waals surface area contributed by atoms with Crippen LogP contribution in [0.4, 0.5) is 8.63 Å². The molecule has 0 atom stereocenters. The molecule has 3 heterocycles. The smallest absolute Gasteiger partial charge is 0.462 e. The number of nitrogens with one attached hydrogen (secondary N) is 1. The topological polar surface area (TPSA) is 92.8 Å². The van der Waals surface area contributed by atoms with E-state index in [2.05, 4.69) is 5.32 Å². The maximum atomic E-state index is 17.2. The Morgan fingerprint density at radius 1 is 0.977 bits per heavy atom. The molecule has 1 aromatic heterocycles. The summed E-state index contributed by atoms with van der Waals surface area (Å²) in [5.74, 6) is -1.45. The predicted molar refractivity (Wildman–Crippen MR) is 161 cm³/mol. The van der Waals surface area contributed by atoms with Gasteiger partial charge in [0.15, 0.2) is 11.4 Å². The van der Waals surface area contributed by atoms with E-state index in [-0.39, 0.29) is 65.9 Å². The van der Waals surface area contributed by atoms with Crippen molar-refractivity contribution in [1.82, 2.24) is 9.79 Å². The van der Waals surface area contributed by atoms with E-state index < -0.39 is 18.9 Å². The minimum absolute atomic E-state index is 0.0156. The van der Waals surface area contributed by atoms with Crippen LogP contribution >= 0.6 is 0 Å². The average Bonchev–Trinajstić information content (AvgIpc) is 3.49. The molecule has 0 radical (unpaired) electrons. The van der Waals surface area contributed by atoms with Gasteiger partial charge in [0.2, 0.25) is 0 Å². The number of ether oxygens (including phenoxy) is 2. The molecule has 0 saturated carbocycles. The summed E-state index contributed by atoms with van der Waals surface area (Å²) in [7, 11) is 0. The minimum atomic E-state index is -4.67. The monoisotopic (exact) mass is 587 g/mol. The number of rotatable bonds is 10. The number of benzene rings is 2. The summed E-state index contributed by atoms with van der Waals surface area (Å²) in [6, 6.07) is 17.7. The molecule has 43 heavy (non-hydrogen) atoms. The Labute approximate surface area is 248 Å². The SMILES string of the molecule is CCOC(=O)C1=C(c2ccccc2)C2=Cc3c(-c4ccccc4)c(C(=O)OCC)c(C)n3[B-](F)(F)[N+]2=C1/C=C/NCCO. The first-order chi connectivity index (χ1) is 20.8. The average molecular weight is 587 g/mol. The molecule has 2 aliphatic heterocycles. The van der Waals surface area contributed by atoms with Crippen LogP contribution in [-0.4, -0.2) is 65.1 Å². The van der Waals surface area contributed by atoms with Gasteiger partial charge in [-0.1, -0.05) is 60.7 Å². The molecule has 2 aromatic carbocycles. The summed E-state index contributed by atoms with van der Waals surface area (Å²) in [4.78, 5) is 26.8. The molecule has 8 nitrogen and oxygen atoms in total. The second-order valence-corrected chi connectivity index (χ2v) is 9.90. The maximum absolute atomic E-state index is 17.2. The van der Waals surface area contributed by atoms with Crippen LogP contribution in [0, 0.1) is 6.92 Å². The summed E-state index contributed by atoms with van der Waals surface area (Å²) >= 11 is 0. The normalized spacial score (nSPS) is 15.3. The van der Waals surface area contributed by atoms with Gasteiger partial charge in [0, 0.05) is 36.2 Å². The summed E-state index contributed by atoms with van der Waals surface area (Å²) in [6.45, 7) is 0.256. The number of fused-ring (bicyclic) bond motifs is 2. The number of esters is 2. The van der Waals surface area contributed by atoms with E-state index in [0.29, 0.717) is 16.7 Å². The van der Waals surface area contributed by atoms with Gasteiger partial charge in [0.05, 0.1) is 31.0 Å². The summed E-state index contributed by atoms with van der Waals surface area (Å²) in [6.07, 6.45) is 4.40. The van der Waals surface area contributed by atoms with Gasteiger partial charge in [-0.3, -0.25) is 0 Å². The second-order valence-electron chi connectivity index (χ2n) is 9.90. The van der Waals surface area contributed by atoms with Crippen molar-refractivity contribution in [3.8, 4) is 11.1 Å². The van der Waals surface area contributed by atoms with Crippen LogP contribution < -0.4 is 5.32 Å². The quantitative estimate of drug-likeness (QED) is 0.201. The molecule has 0 aliphatic carbocycles. The third-order valence-corrected chi connectivity index (χ3v) is 7.36. The Hall–Kier alpha value is -4.77. The molecule has 0 fully saturated rings. The molecule has 2 aliphatic rings. The fourth-order valence-corrected chi connectivity index (χ4v) is 5.73. The van der Waals surface area contributed by atoms with Crippen molar-refractivity contribution in [1.29, 1.82) is 0 Å². The number of aliphatic hydroxyl groups is 1. The van der Waals surface area contributed by atoms with Crippen molar-refractivity contribution < 1.29 is 37.3 Å². The highest BCUT2D eigenvalue weighted by Gasteiger charge is 2.57. The van der Waals surface area contributed by atoms with Gasteiger partial charge in [0.1, 0.15) is 5.57 Å². The number of halogens is 2. The molecule has 0 bridgehead atoms. The zero-order chi connectivity index (χ0) is 30.7. The molecule has 5 rings (SSSR count). The number of hydrogen-bond acceptors (Lipinski definition) is 6. The highest BCUT2D eigenvalue weighted by atomic mass is 19.2. The molecule has 11 heteroatoms. The van der Waals surface area contributed by atoms with Gasteiger partial charge < -0.3 is 37.5 Å². The number of allylic oxidation sites excluding steroid dienone is 2. The standard InChI is InChI=1S/C32H32BF2N3O5/c1-4-42-31(40)27-21(3)37-25(28(27)22-12-8-6-9-13-22)20-26-29(23-14-10-7-11-15-23)30(32(41)43-5-2)24(16-17-36-18-19-39)38(26)33(37,34)35/h6-17,20,36,39H,4-5,18-19H2,1-3H3/b17-16+. The Balaban J connectivity index is 1.90. The van der Waals surface area contributed by atoms with Gasteiger partial charge in [-0.15, -0.1) is 0 Å². The zero-order valence-corrected chi connectivity index (χ0v) is 24.1. The third-order valence-electron chi connectivity index (χ3n) is 7.36. The van der Waals surface area contributed by atoms with Crippen LogP contribution in [0.25, 0.3) is 22.8 Å². The van der Waals surface area contributed by atoms with Gasteiger partial charge in [-0.2, -0.15) is 0 Å². The van der Waals surface area contributed by atoms with Crippen LogP contribution in [0.15, 0.2) is 84.2 Å². The van der Waals surface area contributed by atoms with Crippen molar-refractivity contribution in [2.24, 2.45) is 0 Å². The van der Waals surface area contributed by atoms with Gasteiger partial charge >= 0.3 is 18.9 Å². The van der Waals surface area contributed by atoms with Crippen molar-refractivity contribution in [3.05, 3.63) is 107 Å². The molecule has 0 saturated heterocycles. The predicted octanol–water partition coefficient (Wildman–Crippen LogP) is 4.80. The first-order valence-electron chi connectivity index (χ1n) is 14.1. The largest absolute Gasteiger partial charge is 0.737 e. The first kappa shape index (κ1) is 29.7. The number of nitrogens with zero attached hydrogens (tertiary/aromatic N) is 2. The second kappa shape index (κ2) is 12.2. The highest BCUT2D eigenvalue weighted by Crippen LogP contribution is 2.46. The molecular formula is C32H32BF2N3O5. The fraction of sp³-hybridized carbons (Fsp3) is 0.219. The lowest BCUT2D eigenvalue weighted by atomic mass is 9.87. The van der Waals surface area contributed by atoms with Crippen LogP contribution in [0.5, 0.6) is 0 Å². The lowest BCUT2D eigenvalue weighted by Gasteiger charge is -2.31. The van der Waals surface area contributed by atoms with Crippen molar-refractivity contribution in [2.45, 2.75) is 20.8 Å². The third kappa shape index (κ3) is 5.10. The minimum Gasteiger partial charge on any atom is -0.462 e. The van der Waals surface area contributed by atoms with E-state index >= 15 is 8.63 Å². The van der Waals surface area contributed by atoms with E-state index in [9.17, 15) is 14.7 Å². The molecule has 3 aromatic rings. The first-order valence-corrected chi connectivity index (χ1v) is 14.1. The van der Waals surface area contributed by atoms with Crippen molar-refractivity contribution >= 4 is 36.3 Å². The molecular weight excluding hydrogens is 555 g/mol. The number of aromatic nitrogens is 1. The highest BCUT2D eigenvalue weighted by molar-refractivity contribution is 6.59. The van der Waals surface area contributed by atoms with E-state index in [0.717, 1.165) is 8.96 Å². The van der Waals surface area contributed by atoms with Gasteiger partial charge in [-0.05, 0) is 37.6 Å². The number of carbonyl (C=O) groups excluding carboxylic acids is 2. The van der Waals surface area contributed by atoms with Crippen molar-refractivity contribution in [3.63, 3.8) is 0 Å². The molecule has 2 N–H and O–H groups in total. The number of carbonyl (C=O) groups is 2. The Kier molecular flexibility index (Phi) is 8.45. The summed E-state index contributed by atoms with van der Waals surface area (Å²) in [5, 5.41) is 12.1. The fourth-order valence-electron chi connectivity index (χ4n) is 5.73. The van der Waals surface area contributed by atoms with E-state index in [1.54, 1.807) is 80.6 Å². The van der Waals surface area contributed by atoms with E-state index in [1.165, 1.54) is 19.2 Å². The summed E-state index contributed by atoms with van der Waals surface area (Å²) < 4.78 is 46.8. The Bertz CT molecular complexity index is 1690. The molecule has 0 amide bonds. The Morgan fingerprint density at radius 2 is 1.58 bits per heavy atom. The lowest BCUT2D eigenvalue weighted by molar-refractivity contribution is -0.358. The molecule has 0 unspecified atom stereocenters. The molecule has 222 valence electrons. The van der Waals surface area contributed by atoms with Crippen LogP contribution in [0.1, 0.15) is 41.2 Å². The van der Waals surface area contributed by atoms with Gasteiger partial charge in [0.25, 0.3) is 0 Å². The van der Waals surface area contributed by atoms with E-state index in [4.69, 9.17) is 9.47 Å². The Morgan fingerprint density at radius 3 is 2.19 bits per heavy atom. The van der Waals surface area contributed by atoms with Gasteiger partial charge in [-0.25, -0.2) is 9.59 Å². The maximum Gasteiger partial charge on any atom is 0.737 e. The van der Waals surface area contributed by atoms with Crippen LogP contribution in [0.2, 0.25) is 0 Å². The molecule has 0 spiro atoms. The summed E-state index contributed by atoms with van der Waals surface area (Å²) in [5.41, 5.74) is 1.96. The number of hydrogen-bond donors (Lipinski definition) is 2. The zero-order valence-electron chi connectivity index (χ0n) is 24.1. The van der Waals surface area contributed by atoms with Crippen molar-refractivity contribution in [2.75, 3.05) is 26.4 Å². The van der Waals surface area contributed by atoms with Crippen LogP contribution in [0.3, 0.4) is 0 Å². The lowest BCUT2D eigenvalue weighted by Crippen LogP contribution is -2.51. The number of aliphatic hydroxyl groups excluding tert-OH is 1. The van der Waals surface area contributed by atoms with E-state index in [1.807, 2.05) is 0 Å². The van der Waals surface area contributed by atoms with Crippen LogP contribution in [-0.2, 0) is 14.3 Å².